The van der Waals surface area contributed by atoms with Crippen molar-refractivity contribution < 1.29 is 18.4 Å². The van der Waals surface area contributed by atoms with E-state index in [1.54, 1.807) is 0 Å². The highest BCUT2D eigenvalue weighted by Gasteiger charge is 2.48. The van der Waals surface area contributed by atoms with Gasteiger partial charge in [-0.05, 0) is 51.0 Å². The van der Waals surface area contributed by atoms with Crippen molar-refractivity contribution in [3.63, 3.8) is 0 Å². The Morgan fingerprint density at radius 1 is 1.27 bits per heavy atom. The highest BCUT2D eigenvalue weighted by atomic mass is 28.4. The van der Waals surface area contributed by atoms with E-state index in [2.05, 4.69) is 32.3 Å². The molecule has 0 bridgehead atoms. The summed E-state index contributed by atoms with van der Waals surface area (Å²) in [5, 5.41) is 0. The second kappa shape index (κ2) is 7.23. The molecule has 22 heavy (non-hydrogen) atoms. The lowest BCUT2D eigenvalue weighted by Crippen LogP contribution is -2.32. The summed E-state index contributed by atoms with van der Waals surface area (Å²) in [6.07, 6.45) is 8.01. The van der Waals surface area contributed by atoms with Crippen molar-refractivity contribution in [3.8, 4) is 0 Å². The smallest absolute Gasteiger partial charge is 0.318 e. The van der Waals surface area contributed by atoms with Gasteiger partial charge < -0.3 is 8.85 Å². The highest BCUT2D eigenvalue weighted by molar-refractivity contribution is 6.77. The minimum absolute atomic E-state index is 0.174. The van der Waals surface area contributed by atoms with Crippen molar-refractivity contribution in [1.82, 2.24) is 0 Å². The quantitative estimate of drug-likeness (QED) is 0.235. The van der Waals surface area contributed by atoms with Gasteiger partial charge in [0.15, 0.2) is 17.4 Å². The fourth-order valence-corrected chi connectivity index (χ4v) is 9.70. The molecular formula is C16H28O4Si2. The third-order valence-corrected chi connectivity index (χ3v) is 10.1. The normalized spacial score (nSPS) is 29.4. The fourth-order valence-electron chi connectivity index (χ4n) is 3.54. The SMILES string of the molecule is C[SiH](CCCCC1C=CCC2C(=O)OC(=O)C12)O[Si](C)(C)C. The Balaban J connectivity index is 1.75. The van der Waals surface area contributed by atoms with Crippen molar-refractivity contribution in [2.24, 2.45) is 17.8 Å². The van der Waals surface area contributed by atoms with Crippen molar-refractivity contribution in [2.45, 2.75) is 57.9 Å². The number of rotatable bonds is 7. The largest absolute Gasteiger partial charge is 0.458 e. The maximum Gasteiger partial charge on any atom is 0.318 e. The molecule has 1 heterocycles. The Bertz CT molecular complexity index is 456. The summed E-state index contributed by atoms with van der Waals surface area (Å²) in [4.78, 5) is 23.5. The molecule has 124 valence electrons. The standard InChI is InChI=1S/C16H28O4Si2/c1-21(20-22(2,3)4)11-6-5-8-12-9-7-10-13-14(12)16(18)19-15(13)17/h7,9,12-14,21H,5-6,8,10-11H2,1-4H3. The van der Waals surface area contributed by atoms with Crippen LogP contribution in [0.3, 0.4) is 0 Å². The number of fused-ring (bicyclic) bond motifs is 1. The van der Waals surface area contributed by atoms with E-state index >= 15 is 0 Å². The molecule has 0 aromatic carbocycles. The average molecular weight is 341 g/mol. The maximum atomic E-state index is 11.8. The second-order valence-corrected chi connectivity index (χ2v) is 14.9. The number of ether oxygens (including phenoxy) is 1. The molecule has 1 fully saturated rings. The summed E-state index contributed by atoms with van der Waals surface area (Å²) in [7, 11) is -2.44. The van der Waals surface area contributed by atoms with Crippen LogP contribution < -0.4 is 0 Å². The lowest BCUT2D eigenvalue weighted by Gasteiger charge is -2.25. The summed E-state index contributed by atoms with van der Waals surface area (Å²) in [6, 6.07) is 1.19. The van der Waals surface area contributed by atoms with E-state index in [-0.39, 0.29) is 29.7 Å². The van der Waals surface area contributed by atoms with Gasteiger partial charge in [0.05, 0.1) is 11.8 Å². The van der Waals surface area contributed by atoms with Crippen molar-refractivity contribution >= 4 is 29.3 Å². The summed E-state index contributed by atoms with van der Waals surface area (Å²) < 4.78 is 11.0. The molecule has 0 saturated carbocycles. The molecule has 0 aromatic rings. The lowest BCUT2D eigenvalue weighted by molar-refractivity contribution is -0.154. The molecule has 4 nitrogen and oxygen atoms in total. The van der Waals surface area contributed by atoms with Gasteiger partial charge in [-0.1, -0.05) is 25.0 Å². The zero-order chi connectivity index (χ0) is 16.3. The van der Waals surface area contributed by atoms with E-state index in [0.717, 1.165) is 19.3 Å². The topological polar surface area (TPSA) is 52.6 Å². The number of cyclic esters (lactones) is 2. The molecule has 2 rings (SSSR count). The number of unbranched alkanes of at least 4 members (excludes halogenated alkanes) is 1. The van der Waals surface area contributed by atoms with Crippen LogP contribution in [0.5, 0.6) is 0 Å². The van der Waals surface area contributed by atoms with Crippen LogP contribution in [-0.4, -0.2) is 29.3 Å². The van der Waals surface area contributed by atoms with Gasteiger partial charge in [-0.25, -0.2) is 0 Å². The Hall–Kier alpha value is -0.726. The number of carbonyl (C=O) groups is 2. The van der Waals surface area contributed by atoms with Crippen LogP contribution in [-0.2, 0) is 18.4 Å². The summed E-state index contributed by atoms with van der Waals surface area (Å²) >= 11 is 0. The van der Waals surface area contributed by atoms with Gasteiger partial charge in [0.25, 0.3) is 0 Å². The molecule has 0 spiro atoms. The minimum atomic E-state index is -1.40. The third kappa shape index (κ3) is 4.63. The second-order valence-electron chi connectivity index (χ2n) is 7.53. The molecule has 4 unspecified atom stereocenters. The van der Waals surface area contributed by atoms with Gasteiger partial charge in [-0.2, -0.15) is 0 Å². The van der Waals surface area contributed by atoms with Crippen LogP contribution in [0, 0.1) is 17.8 Å². The first-order chi connectivity index (χ1) is 10.3. The number of hydrogen-bond acceptors (Lipinski definition) is 4. The molecule has 4 atom stereocenters. The fraction of sp³-hybridized carbons (Fsp3) is 0.750. The zero-order valence-electron chi connectivity index (χ0n) is 14.1. The Labute approximate surface area is 136 Å². The van der Waals surface area contributed by atoms with Gasteiger partial charge in [0.1, 0.15) is 0 Å². The number of hydrogen-bond donors (Lipinski definition) is 0. The summed E-state index contributed by atoms with van der Waals surface area (Å²) in [6.45, 7) is 9.01. The predicted molar refractivity (Wildman–Crippen MR) is 91.4 cm³/mol. The van der Waals surface area contributed by atoms with Crippen LogP contribution in [0.4, 0.5) is 0 Å². The molecule has 0 aromatic heterocycles. The molecule has 1 aliphatic heterocycles. The van der Waals surface area contributed by atoms with Crippen LogP contribution in [0.15, 0.2) is 12.2 Å². The van der Waals surface area contributed by atoms with Gasteiger partial charge >= 0.3 is 11.9 Å². The van der Waals surface area contributed by atoms with Gasteiger partial charge in [-0.3, -0.25) is 9.59 Å². The van der Waals surface area contributed by atoms with E-state index in [9.17, 15) is 9.59 Å². The van der Waals surface area contributed by atoms with E-state index < -0.39 is 17.4 Å². The molecule has 6 heteroatoms. The van der Waals surface area contributed by atoms with Gasteiger partial charge in [0.2, 0.25) is 0 Å². The average Bonchev–Trinajstić information content (AvgIpc) is 2.69. The maximum absolute atomic E-state index is 11.8. The van der Waals surface area contributed by atoms with Crippen molar-refractivity contribution in [2.75, 3.05) is 0 Å². The predicted octanol–water partition coefficient (Wildman–Crippen LogP) is 3.25. The van der Waals surface area contributed by atoms with Crippen LogP contribution in [0.2, 0.25) is 32.2 Å². The van der Waals surface area contributed by atoms with Crippen molar-refractivity contribution in [3.05, 3.63) is 12.2 Å². The summed E-state index contributed by atoms with van der Waals surface area (Å²) in [5.74, 6) is -0.924. The monoisotopic (exact) mass is 340 g/mol. The molecule has 0 amide bonds. The summed E-state index contributed by atoms with van der Waals surface area (Å²) in [5.41, 5.74) is 0. The zero-order valence-corrected chi connectivity index (χ0v) is 16.3. The van der Waals surface area contributed by atoms with Crippen molar-refractivity contribution in [1.29, 1.82) is 0 Å². The van der Waals surface area contributed by atoms with E-state index in [0.29, 0.717) is 6.42 Å². The molecular weight excluding hydrogens is 312 g/mol. The number of esters is 2. The van der Waals surface area contributed by atoms with Crippen LogP contribution >= 0.6 is 0 Å². The Morgan fingerprint density at radius 3 is 2.68 bits per heavy atom. The van der Waals surface area contributed by atoms with Gasteiger partial charge in [0, 0.05) is 0 Å². The first kappa shape index (κ1) is 17.6. The molecule has 1 saturated heterocycles. The number of carbonyl (C=O) groups excluding carboxylic acids is 2. The first-order valence-electron chi connectivity index (χ1n) is 8.38. The van der Waals surface area contributed by atoms with E-state index in [4.69, 9.17) is 8.85 Å². The molecule has 0 N–H and O–H groups in total. The highest BCUT2D eigenvalue weighted by Crippen LogP contribution is 2.39. The number of allylic oxidation sites excluding steroid dienone is 2. The van der Waals surface area contributed by atoms with E-state index in [1.165, 1.54) is 6.04 Å². The van der Waals surface area contributed by atoms with Gasteiger partial charge in [-0.15, -0.1) is 0 Å². The van der Waals surface area contributed by atoms with Crippen LogP contribution in [0.1, 0.15) is 25.7 Å². The van der Waals surface area contributed by atoms with Crippen LogP contribution in [0.25, 0.3) is 0 Å². The molecule has 2 aliphatic rings. The third-order valence-electron chi connectivity index (χ3n) is 4.40. The first-order valence-corrected chi connectivity index (χ1v) is 14.2. The molecule has 0 radical (unpaired) electrons. The Morgan fingerprint density at radius 2 is 2.00 bits per heavy atom. The molecule has 1 aliphatic carbocycles. The lowest BCUT2D eigenvalue weighted by atomic mass is 9.75. The minimum Gasteiger partial charge on any atom is -0.458 e. The van der Waals surface area contributed by atoms with E-state index in [1.807, 2.05) is 6.08 Å². The Kier molecular flexibility index (Phi) is 5.79.